The fourth-order valence-electron chi connectivity index (χ4n) is 3.57. The van der Waals surface area contributed by atoms with Crippen LogP contribution in [0.2, 0.25) is 0 Å². The van der Waals surface area contributed by atoms with Gasteiger partial charge in [0.1, 0.15) is 11.5 Å². The number of hydrogen-bond donors (Lipinski definition) is 1. The average Bonchev–Trinajstić information content (AvgIpc) is 3.24. The number of ether oxygens (including phenoxy) is 1. The zero-order valence-corrected chi connectivity index (χ0v) is 20.9. The van der Waals surface area contributed by atoms with E-state index in [4.69, 9.17) is 9.15 Å². The third-order valence-corrected chi connectivity index (χ3v) is 6.88. The number of amides is 1. The van der Waals surface area contributed by atoms with E-state index in [1.165, 1.54) is 0 Å². The van der Waals surface area contributed by atoms with E-state index in [2.05, 4.69) is 10.3 Å². The molecule has 1 amide bonds. The molecule has 0 radical (unpaired) electrons. The Balaban J connectivity index is 1.41. The molecular weight excluding hydrogens is 460 g/mol. The van der Waals surface area contributed by atoms with Crippen molar-refractivity contribution >= 4 is 16.7 Å². The van der Waals surface area contributed by atoms with Crippen molar-refractivity contribution < 1.29 is 18.2 Å². The summed E-state index contributed by atoms with van der Waals surface area (Å²) >= 11 is 0. The highest BCUT2D eigenvalue weighted by molar-refractivity contribution is 7.84. The molecule has 0 aliphatic carbocycles. The Bertz CT molecular complexity index is 1330. The summed E-state index contributed by atoms with van der Waals surface area (Å²) in [6, 6.07) is 22.4. The van der Waals surface area contributed by atoms with Crippen molar-refractivity contribution in [3.63, 3.8) is 0 Å². The summed E-state index contributed by atoms with van der Waals surface area (Å²) in [7, 11) is -1.21. The Kier molecular flexibility index (Phi) is 7.77. The van der Waals surface area contributed by atoms with E-state index in [-0.39, 0.29) is 11.7 Å². The number of oxazole rings is 1. The van der Waals surface area contributed by atoms with Gasteiger partial charge in [0.05, 0.1) is 28.9 Å². The van der Waals surface area contributed by atoms with Gasteiger partial charge < -0.3 is 14.5 Å². The zero-order chi connectivity index (χ0) is 24.8. The fraction of sp³-hybridized carbons (Fsp3) is 0.214. The molecule has 35 heavy (non-hydrogen) atoms. The molecule has 0 aliphatic heterocycles. The van der Waals surface area contributed by atoms with Gasteiger partial charge >= 0.3 is 0 Å². The Labute approximate surface area is 207 Å². The predicted molar refractivity (Wildman–Crippen MR) is 137 cm³/mol. The number of benzene rings is 3. The molecule has 0 fully saturated rings. The lowest BCUT2D eigenvalue weighted by Crippen LogP contribution is -2.23. The van der Waals surface area contributed by atoms with Crippen molar-refractivity contribution in [2.75, 3.05) is 6.61 Å². The van der Waals surface area contributed by atoms with Crippen molar-refractivity contribution in [3.8, 4) is 17.2 Å². The molecule has 1 N–H and O–H groups in total. The number of aryl methyl sites for hydroxylation is 2. The minimum atomic E-state index is -1.21. The third kappa shape index (κ3) is 6.05. The van der Waals surface area contributed by atoms with Gasteiger partial charge in [0.15, 0.2) is 0 Å². The Hall–Kier alpha value is -3.71. The molecule has 4 rings (SSSR count). The first kappa shape index (κ1) is 24.4. The molecule has 1 atom stereocenters. The first-order valence-electron chi connectivity index (χ1n) is 11.4. The normalized spacial score (nSPS) is 11.7. The van der Waals surface area contributed by atoms with Crippen LogP contribution in [0, 0.1) is 13.8 Å². The lowest BCUT2D eigenvalue weighted by atomic mass is 10.1. The number of aromatic nitrogens is 1. The van der Waals surface area contributed by atoms with Crippen LogP contribution in [0.1, 0.15) is 39.9 Å². The smallest absolute Gasteiger partial charge is 0.251 e. The molecule has 0 spiro atoms. The Morgan fingerprint density at radius 1 is 1.00 bits per heavy atom. The van der Waals surface area contributed by atoms with Crippen LogP contribution in [0.15, 0.2) is 82.1 Å². The van der Waals surface area contributed by atoms with Gasteiger partial charge in [-0.2, -0.15) is 0 Å². The largest absolute Gasteiger partial charge is 0.494 e. The van der Waals surface area contributed by atoms with Crippen LogP contribution in [0.3, 0.4) is 0 Å². The maximum atomic E-state index is 12.7. The van der Waals surface area contributed by atoms with Crippen molar-refractivity contribution in [2.24, 2.45) is 0 Å². The summed E-state index contributed by atoms with van der Waals surface area (Å²) in [5, 5.41) is 2.94. The van der Waals surface area contributed by atoms with E-state index in [9.17, 15) is 9.00 Å². The van der Waals surface area contributed by atoms with Crippen LogP contribution in [0.5, 0.6) is 5.75 Å². The summed E-state index contributed by atoms with van der Waals surface area (Å²) < 4.78 is 24.2. The highest BCUT2D eigenvalue weighted by Crippen LogP contribution is 2.24. The van der Waals surface area contributed by atoms with Crippen LogP contribution in [0.4, 0.5) is 0 Å². The maximum absolute atomic E-state index is 12.7. The van der Waals surface area contributed by atoms with Gasteiger partial charge in [-0.25, -0.2) is 4.98 Å². The van der Waals surface area contributed by atoms with E-state index in [1.807, 2.05) is 69.3 Å². The molecule has 6 nitrogen and oxygen atoms in total. The maximum Gasteiger partial charge on any atom is 0.251 e. The third-order valence-electron chi connectivity index (χ3n) is 5.55. The standard InChI is InChI=1S/C28H28N2O4S/c1-4-33-26-8-6-5-7-23(26)17-29-27(31)21-11-13-22(14-12-21)28-30-25(20(3)34-28)18-35(32)24-15-9-19(2)10-16-24/h5-16H,4,17-18H2,1-3H3,(H,29,31). The lowest BCUT2D eigenvalue weighted by molar-refractivity contribution is 0.0950. The zero-order valence-electron chi connectivity index (χ0n) is 20.0. The monoisotopic (exact) mass is 488 g/mol. The molecule has 0 aliphatic rings. The van der Waals surface area contributed by atoms with Crippen LogP contribution in [-0.2, 0) is 23.1 Å². The number of nitrogens with one attached hydrogen (secondary N) is 1. The molecule has 1 unspecified atom stereocenters. The molecule has 1 aromatic heterocycles. The number of rotatable bonds is 9. The van der Waals surface area contributed by atoms with Gasteiger partial charge in [-0.3, -0.25) is 9.00 Å². The second kappa shape index (κ2) is 11.1. The van der Waals surface area contributed by atoms with Gasteiger partial charge in [0.25, 0.3) is 5.91 Å². The van der Waals surface area contributed by atoms with Gasteiger partial charge in [-0.15, -0.1) is 0 Å². The molecule has 0 saturated heterocycles. The first-order valence-corrected chi connectivity index (χ1v) is 12.8. The molecule has 180 valence electrons. The van der Waals surface area contributed by atoms with E-state index in [0.29, 0.717) is 36.1 Å². The molecule has 0 saturated carbocycles. The first-order chi connectivity index (χ1) is 16.9. The van der Waals surface area contributed by atoms with Crippen LogP contribution in [-0.4, -0.2) is 21.7 Å². The van der Waals surface area contributed by atoms with E-state index in [1.54, 1.807) is 24.3 Å². The molecule has 3 aromatic carbocycles. The molecule has 4 aromatic rings. The number of carbonyl (C=O) groups excluding carboxylic acids is 1. The summed E-state index contributed by atoms with van der Waals surface area (Å²) in [4.78, 5) is 18.0. The Morgan fingerprint density at radius 3 is 2.43 bits per heavy atom. The van der Waals surface area contributed by atoms with Gasteiger partial charge in [-0.1, -0.05) is 35.9 Å². The van der Waals surface area contributed by atoms with Crippen LogP contribution in [0.25, 0.3) is 11.5 Å². The number of carbonyl (C=O) groups is 1. The highest BCUT2D eigenvalue weighted by Gasteiger charge is 2.16. The molecule has 1 heterocycles. The van der Waals surface area contributed by atoms with Crippen molar-refractivity contribution in [2.45, 2.75) is 38.0 Å². The van der Waals surface area contributed by atoms with Crippen molar-refractivity contribution in [3.05, 3.63) is 101 Å². The van der Waals surface area contributed by atoms with Crippen LogP contribution >= 0.6 is 0 Å². The predicted octanol–water partition coefficient (Wildman–Crippen LogP) is 5.59. The number of hydrogen-bond acceptors (Lipinski definition) is 5. The van der Waals surface area contributed by atoms with Gasteiger partial charge in [0.2, 0.25) is 5.89 Å². The minimum Gasteiger partial charge on any atom is -0.494 e. The second-order valence-corrected chi connectivity index (χ2v) is 9.58. The summed E-state index contributed by atoms with van der Waals surface area (Å²) in [6.07, 6.45) is 0. The number of para-hydroxylation sites is 1. The molecular formula is C28H28N2O4S. The summed E-state index contributed by atoms with van der Waals surface area (Å²) in [6.45, 7) is 6.68. The second-order valence-electron chi connectivity index (χ2n) is 8.13. The number of nitrogens with zero attached hydrogens (tertiary/aromatic N) is 1. The Morgan fingerprint density at radius 2 is 1.71 bits per heavy atom. The quantitative estimate of drug-likeness (QED) is 0.332. The van der Waals surface area contributed by atoms with E-state index < -0.39 is 10.8 Å². The topological polar surface area (TPSA) is 81.4 Å². The van der Waals surface area contributed by atoms with Gasteiger partial charge in [-0.05, 0) is 63.2 Å². The molecule has 0 bridgehead atoms. The SMILES string of the molecule is CCOc1ccccc1CNC(=O)c1ccc(-c2nc(CS(=O)c3ccc(C)cc3)c(C)o2)cc1. The highest BCUT2D eigenvalue weighted by atomic mass is 32.2. The van der Waals surface area contributed by atoms with Crippen LogP contribution < -0.4 is 10.1 Å². The summed E-state index contributed by atoms with van der Waals surface area (Å²) in [5.41, 5.74) is 3.99. The lowest BCUT2D eigenvalue weighted by Gasteiger charge is -2.11. The summed E-state index contributed by atoms with van der Waals surface area (Å²) in [5.74, 6) is 1.94. The van der Waals surface area contributed by atoms with Crippen molar-refractivity contribution in [1.29, 1.82) is 0 Å². The van der Waals surface area contributed by atoms with Gasteiger partial charge in [0, 0.05) is 28.1 Å². The fourth-order valence-corrected chi connectivity index (χ4v) is 4.69. The minimum absolute atomic E-state index is 0.180. The molecule has 7 heteroatoms. The van der Waals surface area contributed by atoms with E-state index >= 15 is 0 Å². The van der Waals surface area contributed by atoms with E-state index in [0.717, 1.165) is 27.3 Å². The average molecular weight is 489 g/mol. The van der Waals surface area contributed by atoms with Crippen molar-refractivity contribution in [1.82, 2.24) is 10.3 Å².